The van der Waals surface area contributed by atoms with Gasteiger partial charge in [-0.2, -0.15) is 11.3 Å². The molecule has 2 aromatic heterocycles. The Labute approximate surface area is 140 Å². The monoisotopic (exact) mass is 333 g/mol. The van der Waals surface area contributed by atoms with E-state index in [-0.39, 0.29) is 0 Å². The van der Waals surface area contributed by atoms with E-state index in [1.807, 2.05) is 17.5 Å². The first-order chi connectivity index (χ1) is 10.8. The number of nitrogens with zero attached hydrogens (tertiary/aromatic N) is 3. The summed E-state index contributed by atoms with van der Waals surface area (Å²) in [7, 11) is 2.28. The highest BCUT2D eigenvalue weighted by Crippen LogP contribution is 2.56. The summed E-state index contributed by atoms with van der Waals surface area (Å²) in [5.74, 6) is 0. The molecule has 5 heteroatoms. The van der Waals surface area contributed by atoms with E-state index in [0.717, 1.165) is 19.1 Å². The maximum absolute atomic E-state index is 4.42. The average Bonchev–Trinajstić information content (AvgIpc) is 2.92. The molecule has 0 radical (unpaired) electrons. The average molecular weight is 334 g/mol. The van der Waals surface area contributed by atoms with E-state index in [0.29, 0.717) is 5.41 Å². The van der Waals surface area contributed by atoms with Crippen molar-refractivity contribution in [1.29, 1.82) is 0 Å². The van der Waals surface area contributed by atoms with E-state index in [1.165, 1.54) is 42.9 Å². The number of thiophene rings is 1. The molecule has 22 heavy (non-hydrogen) atoms. The molecule has 2 aromatic rings. The van der Waals surface area contributed by atoms with Crippen molar-refractivity contribution in [2.75, 3.05) is 20.1 Å². The molecule has 1 atom stereocenters. The van der Waals surface area contributed by atoms with Crippen LogP contribution in [0.2, 0.25) is 0 Å². The molecule has 0 N–H and O–H groups in total. The SMILES string of the molecule is CN(Cc1nccs1)[C@H]1CC12CCN(Cc1ccsc1)CC2. The van der Waals surface area contributed by atoms with Gasteiger partial charge in [-0.25, -0.2) is 4.98 Å². The lowest BCUT2D eigenvalue weighted by Crippen LogP contribution is -2.37. The van der Waals surface area contributed by atoms with Gasteiger partial charge in [0.2, 0.25) is 0 Å². The van der Waals surface area contributed by atoms with Gasteiger partial charge in [0.15, 0.2) is 0 Å². The summed E-state index contributed by atoms with van der Waals surface area (Å²) < 4.78 is 0. The van der Waals surface area contributed by atoms with Gasteiger partial charge in [0.1, 0.15) is 5.01 Å². The minimum absolute atomic E-state index is 0.608. The first-order valence-electron chi connectivity index (χ1n) is 8.07. The molecule has 1 saturated carbocycles. The van der Waals surface area contributed by atoms with Crippen LogP contribution in [0.25, 0.3) is 0 Å². The van der Waals surface area contributed by atoms with Gasteiger partial charge in [-0.05, 0) is 67.2 Å². The molecule has 2 aliphatic rings. The summed E-state index contributed by atoms with van der Waals surface area (Å²) in [6, 6.07) is 3.04. The number of hydrogen-bond acceptors (Lipinski definition) is 5. The quantitative estimate of drug-likeness (QED) is 0.832. The number of rotatable bonds is 5. The van der Waals surface area contributed by atoms with Gasteiger partial charge in [0.25, 0.3) is 0 Å². The van der Waals surface area contributed by atoms with Crippen molar-refractivity contribution in [2.45, 2.75) is 38.4 Å². The molecule has 1 saturated heterocycles. The zero-order chi connectivity index (χ0) is 15.0. The molecule has 3 nitrogen and oxygen atoms in total. The van der Waals surface area contributed by atoms with Crippen molar-refractivity contribution >= 4 is 22.7 Å². The predicted octanol–water partition coefficient (Wildman–Crippen LogP) is 3.69. The van der Waals surface area contributed by atoms with E-state index in [4.69, 9.17) is 0 Å². The maximum Gasteiger partial charge on any atom is 0.107 e. The number of thiazole rings is 1. The summed E-state index contributed by atoms with van der Waals surface area (Å²) in [4.78, 5) is 9.59. The van der Waals surface area contributed by atoms with E-state index in [9.17, 15) is 0 Å². The topological polar surface area (TPSA) is 19.4 Å². The van der Waals surface area contributed by atoms with E-state index >= 15 is 0 Å². The smallest absolute Gasteiger partial charge is 0.107 e. The second-order valence-electron chi connectivity index (χ2n) is 6.83. The lowest BCUT2D eigenvalue weighted by molar-refractivity contribution is 0.139. The molecule has 0 aromatic carbocycles. The first-order valence-corrected chi connectivity index (χ1v) is 9.89. The van der Waals surface area contributed by atoms with Crippen molar-refractivity contribution in [3.05, 3.63) is 39.0 Å². The standard InChI is InChI=1S/C17H23N3S2/c1-19(12-16-18-5-9-22-16)15-10-17(15)3-6-20(7-4-17)11-14-2-8-21-13-14/h2,5,8-9,13,15H,3-4,6-7,10-12H2,1H3/t15-/m0/s1. The van der Waals surface area contributed by atoms with Crippen molar-refractivity contribution in [3.63, 3.8) is 0 Å². The third-order valence-electron chi connectivity index (χ3n) is 5.38. The highest BCUT2D eigenvalue weighted by atomic mass is 32.1. The third kappa shape index (κ3) is 3.00. The number of likely N-dealkylation sites (tertiary alicyclic amines) is 1. The van der Waals surface area contributed by atoms with Crippen LogP contribution in [0.5, 0.6) is 0 Å². The molecule has 0 bridgehead atoms. The summed E-state index contributed by atoms with van der Waals surface area (Å²) in [6.45, 7) is 4.68. The Morgan fingerprint density at radius 2 is 2.23 bits per heavy atom. The van der Waals surface area contributed by atoms with Crippen LogP contribution in [-0.4, -0.2) is 41.0 Å². The fourth-order valence-electron chi connectivity index (χ4n) is 3.94. The highest BCUT2D eigenvalue weighted by Gasteiger charge is 2.56. The Morgan fingerprint density at radius 1 is 1.36 bits per heavy atom. The fraction of sp³-hybridized carbons (Fsp3) is 0.588. The zero-order valence-corrected chi connectivity index (χ0v) is 14.7. The van der Waals surface area contributed by atoms with Gasteiger partial charge in [0.05, 0.1) is 6.54 Å². The maximum atomic E-state index is 4.42. The van der Waals surface area contributed by atoms with Crippen LogP contribution in [0.1, 0.15) is 29.8 Å². The Bertz CT molecular complexity index is 585. The number of piperidine rings is 1. The summed E-state index contributed by atoms with van der Waals surface area (Å²) >= 11 is 3.58. The van der Waals surface area contributed by atoms with Crippen molar-refractivity contribution in [3.8, 4) is 0 Å². The van der Waals surface area contributed by atoms with Crippen LogP contribution in [0.3, 0.4) is 0 Å². The van der Waals surface area contributed by atoms with Gasteiger partial charge in [-0.1, -0.05) is 0 Å². The Balaban J connectivity index is 1.29. The van der Waals surface area contributed by atoms with Gasteiger partial charge < -0.3 is 0 Å². The van der Waals surface area contributed by atoms with Crippen LogP contribution >= 0.6 is 22.7 Å². The van der Waals surface area contributed by atoms with Gasteiger partial charge >= 0.3 is 0 Å². The molecule has 1 aliphatic carbocycles. The minimum Gasteiger partial charge on any atom is -0.299 e. The number of aromatic nitrogens is 1. The Morgan fingerprint density at radius 3 is 2.91 bits per heavy atom. The Hall–Kier alpha value is -0.750. The fourth-order valence-corrected chi connectivity index (χ4v) is 5.28. The third-order valence-corrected chi connectivity index (χ3v) is 6.88. The molecule has 4 rings (SSSR count). The lowest BCUT2D eigenvalue weighted by atomic mass is 9.92. The summed E-state index contributed by atoms with van der Waals surface area (Å²) in [6.07, 6.45) is 6.04. The molecule has 1 spiro atoms. The molecule has 118 valence electrons. The molecule has 0 unspecified atom stereocenters. The predicted molar refractivity (Wildman–Crippen MR) is 93.2 cm³/mol. The van der Waals surface area contributed by atoms with Crippen LogP contribution < -0.4 is 0 Å². The van der Waals surface area contributed by atoms with E-state index < -0.39 is 0 Å². The van der Waals surface area contributed by atoms with E-state index in [2.05, 4.69) is 44.0 Å². The highest BCUT2D eigenvalue weighted by molar-refractivity contribution is 7.09. The van der Waals surface area contributed by atoms with Crippen LogP contribution in [0.15, 0.2) is 28.4 Å². The summed E-state index contributed by atoms with van der Waals surface area (Å²) in [5.41, 5.74) is 2.09. The van der Waals surface area contributed by atoms with Crippen LogP contribution in [0, 0.1) is 5.41 Å². The van der Waals surface area contributed by atoms with Crippen LogP contribution in [0.4, 0.5) is 0 Å². The molecule has 0 amide bonds. The Kier molecular flexibility index (Phi) is 4.07. The van der Waals surface area contributed by atoms with Crippen LogP contribution in [-0.2, 0) is 13.1 Å². The first kappa shape index (κ1) is 14.8. The minimum atomic E-state index is 0.608. The molecule has 3 heterocycles. The van der Waals surface area contributed by atoms with Gasteiger partial charge in [-0.15, -0.1) is 11.3 Å². The van der Waals surface area contributed by atoms with Crippen molar-refractivity contribution in [2.24, 2.45) is 5.41 Å². The van der Waals surface area contributed by atoms with Crippen molar-refractivity contribution in [1.82, 2.24) is 14.8 Å². The number of hydrogen-bond donors (Lipinski definition) is 0. The van der Waals surface area contributed by atoms with Gasteiger partial charge in [0, 0.05) is 24.2 Å². The second-order valence-corrected chi connectivity index (χ2v) is 8.59. The molecule has 1 aliphatic heterocycles. The largest absolute Gasteiger partial charge is 0.299 e. The summed E-state index contributed by atoms with van der Waals surface area (Å²) in [5, 5.41) is 7.80. The molecule has 2 fully saturated rings. The molecular weight excluding hydrogens is 310 g/mol. The van der Waals surface area contributed by atoms with Gasteiger partial charge in [-0.3, -0.25) is 9.80 Å². The zero-order valence-electron chi connectivity index (χ0n) is 13.1. The lowest BCUT2D eigenvalue weighted by Gasteiger charge is -2.34. The normalized spacial score (nSPS) is 24.2. The van der Waals surface area contributed by atoms with Crippen molar-refractivity contribution < 1.29 is 0 Å². The molecular formula is C17H23N3S2. The van der Waals surface area contributed by atoms with E-state index in [1.54, 1.807) is 11.3 Å². The second kappa shape index (κ2) is 6.04.